The summed E-state index contributed by atoms with van der Waals surface area (Å²) in [6.07, 6.45) is 1.90. The molecule has 0 amide bonds. The van der Waals surface area contributed by atoms with Gasteiger partial charge in [-0.2, -0.15) is 0 Å². The van der Waals surface area contributed by atoms with Crippen LogP contribution in [0.3, 0.4) is 0 Å². The highest BCUT2D eigenvalue weighted by atomic mass is 35.5. The van der Waals surface area contributed by atoms with Crippen LogP contribution in [0, 0.1) is 0 Å². The van der Waals surface area contributed by atoms with E-state index in [9.17, 15) is 8.42 Å². The summed E-state index contributed by atoms with van der Waals surface area (Å²) in [7, 11) is -3.83. The summed E-state index contributed by atoms with van der Waals surface area (Å²) in [4.78, 5) is 0.00882. The van der Waals surface area contributed by atoms with E-state index in [0.29, 0.717) is 12.2 Å². The largest absolute Gasteiger partial charge is 0.346 e. The van der Waals surface area contributed by atoms with Gasteiger partial charge in [0.15, 0.2) is 0 Å². The molecular formula is C18H19Cl2N3O2S. The molecule has 26 heavy (non-hydrogen) atoms. The van der Waals surface area contributed by atoms with E-state index >= 15 is 0 Å². The molecule has 0 bridgehead atoms. The zero-order chi connectivity index (χ0) is 19.1. The lowest BCUT2D eigenvalue weighted by molar-refractivity contribution is 0.441. The maximum atomic E-state index is 12.7. The monoisotopic (exact) mass is 411 g/mol. The molecule has 0 unspecified atom stereocenters. The Morgan fingerprint density at radius 3 is 2.38 bits per heavy atom. The average Bonchev–Trinajstić information content (AvgIpc) is 2.88. The molecule has 0 fully saturated rings. The second-order valence-corrected chi connectivity index (χ2v) is 9.44. The van der Waals surface area contributed by atoms with Gasteiger partial charge in [-0.3, -0.25) is 4.72 Å². The third-order valence-electron chi connectivity index (χ3n) is 3.78. The van der Waals surface area contributed by atoms with Crippen molar-refractivity contribution in [1.29, 1.82) is 0 Å². The van der Waals surface area contributed by atoms with Crippen molar-refractivity contribution in [3.63, 3.8) is 0 Å². The molecule has 5 nitrogen and oxygen atoms in total. The van der Waals surface area contributed by atoms with Gasteiger partial charge in [-0.05, 0) is 50.2 Å². The number of fused-ring (bicyclic) bond motifs is 1. The Morgan fingerprint density at radius 2 is 1.77 bits per heavy atom. The van der Waals surface area contributed by atoms with Crippen LogP contribution in [-0.4, -0.2) is 18.5 Å². The molecule has 1 heterocycles. The number of hydrogen-bond acceptors (Lipinski definition) is 3. The number of nitrogens with two attached hydrogens (primary N) is 1. The predicted molar refractivity (Wildman–Crippen MR) is 107 cm³/mol. The smallest absolute Gasteiger partial charge is 0.262 e. The maximum Gasteiger partial charge on any atom is 0.262 e. The molecule has 0 aliphatic rings. The summed E-state index contributed by atoms with van der Waals surface area (Å²) in [6.45, 7) is 4.49. The quantitative estimate of drug-likeness (QED) is 0.649. The molecule has 2 aromatic carbocycles. The molecule has 1 aromatic heterocycles. The third kappa shape index (κ3) is 4.15. The normalized spacial score (nSPS) is 12.5. The first kappa shape index (κ1) is 19.0. The van der Waals surface area contributed by atoms with Gasteiger partial charge in [-0.1, -0.05) is 29.3 Å². The minimum absolute atomic E-state index is 0.00882. The molecule has 138 valence electrons. The molecule has 0 aliphatic carbocycles. The van der Waals surface area contributed by atoms with Crippen molar-refractivity contribution in [2.24, 2.45) is 5.73 Å². The minimum atomic E-state index is -3.83. The van der Waals surface area contributed by atoms with Crippen LogP contribution in [0.5, 0.6) is 0 Å². The van der Waals surface area contributed by atoms with Crippen LogP contribution < -0.4 is 10.5 Å². The maximum absolute atomic E-state index is 12.7. The molecule has 0 atom stereocenters. The zero-order valence-electron chi connectivity index (χ0n) is 14.3. The highest BCUT2D eigenvalue weighted by Gasteiger charge is 2.19. The van der Waals surface area contributed by atoms with Crippen molar-refractivity contribution in [2.45, 2.75) is 30.8 Å². The van der Waals surface area contributed by atoms with E-state index in [0.717, 1.165) is 10.9 Å². The van der Waals surface area contributed by atoms with Crippen LogP contribution in [0.25, 0.3) is 10.9 Å². The molecule has 3 N–H and O–H groups in total. The number of hydrogen-bond donors (Lipinski definition) is 2. The van der Waals surface area contributed by atoms with Gasteiger partial charge in [0.1, 0.15) is 0 Å². The molecule has 3 aromatic rings. The van der Waals surface area contributed by atoms with E-state index in [-0.39, 0.29) is 20.5 Å². The Labute approximate surface area is 162 Å². The van der Waals surface area contributed by atoms with Gasteiger partial charge in [0.25, 0.3) is 10.0 Å². The van der Waals surface area contributed by atoms with Crippen molar-refractivity contribution in [3.8, 4) is 0 Å². The van der Waals surface area contributed by atoms with Crippen LogP contribution in [0.4, 0.5) is 5.69 Å². The number of nitrogens with zero attached hydrogens (tertiary/aromatic N) is 1. The van der Waals surface area contributed by atoms with Crippen molar-refractivity contribution in [3.05, 3.63) is 58.7 Å². The SMILES string of the molecule is CC(C)(N)Cn1ccc2c(NS(=O)(=O)c3cc(Cl)cc(Cl)c3)cccc21. The lowest BCUT2D eigenvalue weighted by Crippen LogP contribution is -2.36. The van der Waals surface area contributed by atoms with Gasteiger partial charge in [0.05, 0.1) is 16.1 Å². The zero-order valence-corrected chi connectivity index (χ0v) is 16.7. The van der Waals surface area contributed by atoms with Crippen LogP contribution in [0.1, 0.15) is 13.8 Å². The number of sulfonamides is 1. The Morgan fingerprint density at radius 1 is 1.12 bits per heavy atom. The molecule has 0 radical (unpaired) electrons. The summed E-state index contributed by atoms with van der Waals surface area (Å²) in [6, 6.07) is 11.5. The van der Waals surface area contributed by atoms with E-state index in [1.54, 1.807) is 12.1 Å². The van der Waals surface area contributed by atoms with Crippen molar-refractivity contribution < 1.29 is 8.42 Å². The van der Waals surface area contributed by atoms with Gasteiger partial charge < -0.3 is 10.3 Å². The summed E-state index contributed by atoms with van der Waals surface area (Å²) in [5.41, 5.74) is 7.09. The first-order chi connectivity index (χ1) is 12.0. The first-order valence-corrected chi connectivity index (χ1v) is 10.1. The summed E-state index contributed by atoms with van der Waals surface area (Å²) < 4.78 is 30.1. The number of halogens is 2. The summed E-state index contributed by atoms with van der Waals surface area (Å²) in [5, 5.41) is 1.30. The van der Waals surface area contributed by atoms with Crippen LogP contribution in [0.2, 0.25) is 10.0 Å². The second kappa shape index (κ2) is 6.78. The molecule has 8 heteroatoms. The molecule has 0 spiro atoms. The lowest BCUT2D eigenvalue weighted by atomic mass is 10.1. The van der Waals surface area contributed by atoms with Crippen molar-refractivity contribution in [2.75, 3.05) is 4.72 Å². The van der Waals surface area contributed by atoms with Gasteiger partial charge in [-0.25, -0.2) is 8.42 Å². The number of nitrogens with one attached hydrogen (secondary N) is 1. The second-order valence-electron chi connectivity index (χ2n) is 6.88. The Kier molecular flexibility index (Phi) is 4.96. The Balaban J connectivity index is 2.01. The van der Waals surface area contributed by atoms with Gasteiger partial charge in [0.2, 0.25) is 0 Å². The number of benzene rings is 2. The van der Waals surface area contributed by atoms with E-state index in [2.05, 4.69) is 4.72 Å². The van der Waals surface area contributed by atoms with Crippen LogP contribution in [0.15, 0.2) is 53.6 Å². The van der Waals surface area contributed by atoms with Gasteiger partial charge in [-0.15, -0.1) is 0 Å². The van der Waals surface area contributed by atoms with Gasteiger partial charge >= 0.3 is 0 Å². The van der Waals surface area contributed by atoms with Crippen LogP contribution in [-0.2, 0) is 16.6 Å². The molecule has 3 rings (SSSR count). The van der Waals surface area contributed by atoms with E-state index in [1.165, 1.54) is 18.2 Å². The standard InChI is InChI=1S/C18H19Cl2N3O2S/c1-18(2,21)11-23-7-6-15-16(4-3-5-17(15)23)22-26(24,25)14-9-12(19)8-13(20)10-14/h3-10,22H,11,21H2,1-2H3. The van der Waals surface area contributed by atoms with Gasteiger partial charge in [0, 0.05) is 33.7 Å². The molecule has 0 saturated carbocycles. The fourth-order valence-corrected chi connectivity index (χ4v) is 4.58. The Bertz CT molecular complexity index is 1050. The first-order valence-electron chi connectivity index (χ1n) is 7.91. The summed E-state index contributed by atoms with van der Waals surface area (Å²) >= 11 is 11.9. The minimum Gasteiger partial charge on any atom is -0.346 e. The van der Waals surface area contributed by atoms with E-state index in [1.807, 2.05) is 36.7 Å². The van der Waals surface area contributed by atoms with Crippen molar-refractivity contribution in [1.82, 2.24) is 4.57 Å². The number of rotatable bonds is 5. The Hall–Kier alpha value is -1.73. The number of anilines is 1. The fraction of sp³-hybridized carbons (Fsp3) is 0.222. The van der Waals surface area contributed by atoms with Crippen molar-refractivity contribution >= 4 is 49.8 Å². The van der Waals surface area contributed by atoms with Crippen LogP contribution >= 0.6 is 23.2 Å². The highest BCUT2D eigenvalue weighted by Crippen LogP contribution is 2.29. The third-order valence-corrected chi connectivity index (χ3v) is 5.56. The van der Waals surface area contributed by atoms with E-state index < -0.39 is 10.0 Å². The highest BCUT2D eigenvalue weighted by molar-refractivity contribution is 7.92. The lowest BCUT2D eigenvalue weighted by Gasteiger charge is -2.20. The number of aromatic nitrogens is 1. The molecule has 0 aliphatic heterocycles. The topological polar surface area (TPSA) is 77.1 Å². The van der Waals surface area contributed by atoms with E-state index in [4.69, 9.17) is 28.9 Å². The average molecular weight is 412 g/mol. The predicted octanol–water partition coefficient (Wildman–Crippen LogP) is 4.49. The fourth-order valence-electron chi connectivity index (χ4n) is 2.78. The molecular weight excluding hydrogens is 393 g/mol. The summed E-state index contributed by atoms with van der Waals surface area (Å²) in [5.74, 6) is 0. The molecule has 0 saturated heterocycles.